The van der Waals surface area contributed by atoms with Gasteiger partial charge in [-0.25, -0.2) is 23.7 Å². The van der Waals surface area contributed by atoms with E-state index in [1.54, 1.807) is 62.3 Å². The van der Waals surface area contributed by atoms with E-state index in [0.717, 1.165) is 4.57 Å². The molecule has 1 aromatic heterocycles. The number of aromatic nitrogens is 2. The molecule has 0 unspecified atom stereocenters. The standard InChI is InChI=1S/C39H49Cl3FN5O9Si/c1-37(2,3)55-34(50)46(21-24-13-14-27(41)30(28(24)43)54-26-18-23(20-44)17-25(40)19-26)32(49)29-31(42)45-33(47(29)22-53-15-16-58(10,11)12)48(35(51)56-38(4,5)6)36(52)57-39(7,8)9/h13-14,17-19H,15-16,21-22H2,1-12H3. The van der Waals surface area contributed by atoms with Crippen LogP contribution in [0.2, 0.25) is 40.9 Å². The lowest BCUT2D eigenvalue weighted by Gasteiger charge is -2.29. The molecule has 0 aliphatic rings. The highest BCUT2D eigenvalue weighted by Crippen LogP contribution is 2.37. The van der Waals surface area contributed by atoms with Crippen LogP contribution in [0.15, 0.2) is 30.3 Å². The third kappa shape index (κ3) is 13.9. The molecule has 0 radical (unpaired) electrons. The lowest BCUT2D eigenvalue weighted by Crippen LogP contribution is -2.45. The molecule has 3 rings (SSSR count). The molecular formula is C39H49Cl3FN5O9Si. The number of hydrogen-bond donors (Lipinski definition) is 0. The molecule has 0 fully saturated rings. The fraction of sp³-hybridized carbons (Fsp3) is 0.487. The molecule has 0 aliphatic carbocycles. The second-order valence-corrected chi connectivity index (χ2v) is 24.1. The number of amides is 4. The van der Waals surface area contributed by atoms with Gasteiger partial charge >= 0.3 is 18.3 Å². The second kappa shape index (κ2) is 18.7. The highest BCUT2D eigenvalue weighted by molar-refractivity contribution is 6.76. The number of anilines is 1. The minimum atomic E-state index is -1.64. The lowest BCUT2D eigenvalue weighted by atomic mass is 10.1. The number of benzene rings is 2. The van der Waals surface area contributed by atoms with Gasteiger partial charge in [0.2, 0.25) is 5.95 Å². The van der Waals surface area contributed by atoms with Crippen molar-refractivity contribution in [1.82, 2.24) is 14.5 Å². The van der Waals surface area contributed by atoms with Gasteiger partial charge in [-0.3, -0.25) is 9.36 Å². The van der Waals surface area contributed by atoms with E-state index in [4.69, 9.17) is 58.5 Å². The predicted octanol–water partition coefficient (Wildman–Crippen LogP) is 11.2. The van der Waals surface area contributed by atoms with Crippen LogP contribution in [0.1, 0.15) is 83.9 Å². The first-order valence-electron chi connectivity index (χ1n) is 18.0. The zero-order valence-corrected chi connectivity index (χ0v) is 37.9. The molecule has 19 heteroatoms. The Hall–Kier alpha value is -4.40. The summed E-state index contributed by atoms with van der Waals surface area (Å²) in [7, 11) is -1.64. The van der Waals surface area contributed by atoms with Crippen LogP contribution in [0.25, 0.3) is 0 Å². The molecule has 316 valence electrons. The van der Waals surface area contributed by atoms with Gasteiger partial charge in [0.15, 0.2) is 16.7 Å². The normalized spacial score (nSPS) is 12.1. The summed E-state index contributed by atoms with van der Waals surface area (Å²) in [6.45, 7) is 19.5. The average Bonchev–Trinajstić information content (AvgIpc) is 3.35. The van der Waals surface area contributed by atoms with Crippen molar-refractivity contribution in [1.29, 1.82) is 5.26 Å². The maximum absolute atomic E-state index is 16.4. The van der Waals surface area contributed by atoms with Gasteiger partial charge in [-0.1, -0.05) is 60.5 Å². The first-order valence-corrected chi connectivity index (χ1v) is 22.8. The van der Waals surface area contributed by atoms with Gasteiger partial charge in [-0.15, -0.1) is 4.90 Å². The molecule has 0 saturated heterocycles. The summed E-state index contributed by atoms with van der Waals surface area (Å²) in [6.07, 6.45) is -3.65. The number of nitrogens with zero attached hydrogens (tertiary/aromatic N) is 5. The smallest absolute Gasteiger partial charge is 0.427 e. The lowest BCUT2D eigenvalue weighted by molar-refractivity contribution is 0.0211. The Balaban J connectivity index is 2.26. The van der Waals surface area contributed by atoms with Crippen LogP contribution in [0.3, 0.4) is 0 Å². The topological polar surface area (TPSA) is 163 Å². The highest BCUT2D eigenvalue weighted by Gasteiger charge is 2.40. The number of nitriles is 1. The number of carbonyl (C=O) groups is 4. The van der Waals surface area contributed by atoms with Crippen molar-refractivity contribution in [3.8, 4) is 17.6 Å². The Bertz CT molecular complexity index is 2050. The van der Waals surface area contributed by atoms with Gasteiger partial charge in [-0.05, 0) is 92.6 Å². The molecule has 0 atom stereocenters. The molecule has 0 N–H and O–H groups in total. The molecule has 1 heterocycles. The molecule has 58 heavy (non-hydrogen) atoms. The van der Waals surface area contributed by atoms with Gasteiger partial charge in [0.05, 0.1) is 23.2 Å². The number of halogens is 4. The Morgan fingerprint density at radius 1 is 0.862 bits per heavy atom. The monoisotopic (exact) mass is 883 g/mol. The molecule has 4 amide bonds. The van der Waals surface area contributed by atoms with Crippen molar-refractivity contribution in [2.75, 3.05) is 11.5 Å². The minimum Gasteiger partial charge on any atom is -0.453 e. The van der Waals surface area contributed by atoms with Gasteiger partial charge in [-0.2, -0.15) is 10.2 Å². The van der Waals surface area contributed by atoms with Crippen LogP contribution < -0.4 is 9.64 Å². The summed E-state index contributed by atoms with van der Waals surface area (Å²) in [5.41, 5.74) is -4.01. The van der Waals surface area contributed by atoms with Gasteiger partial charge in [0.1, 0.15) is 35.0 Å². The number of rotatable bonds is 11. The van der Waals surface area contributed by atoms with E-state index in [0.29, 0.717) is 15.8 Å². The summed E-state index contributed by atoms with van der Waals surface area (Å²) in [4.78, 5) is 61.4. The molecule has 14 nitrogen and oxygen atoms in total. The Morgan fingerprint density at radius 2 is 1.41 bits per heavy atom. The van der Waals surface area contributed by atoms with Crippen molar-refractivity contribution in [3.05, 3.63) is 68.2 Å². The second-order valence-electron chi connectivity index (χ2n) is 17.2. The number of imidazole rings is 1. The van der Waals surface area contributed by atoms with Crippen LogP contribution in [-0.2, 0) is 32.2 Å². The molecular weight excluding hydrogens is 836 g/mol. The molecule has 0 spiro atoms. The average molecular weight is 885 g/mol. The van der Waals surface area contributed by atoms with E-state index >= 15 is 4.39 Å². The van der Waals surface area contributed by atoms with Crippen molar-refractivity contribution in [3.63, 3.8) is 0 Å². The van der Waals surface area contributed by atoms with Crippen molar-refractivity contribution in [2.45, 2.75) is 118 Å². The highest BCUT2D eigenvalue weighted by atomic mass is 35.5. The van der Waals surface area contributed by atoms with Gasteiger partial charge in [0, 0.05) is 25.3 Å². The van der Waals surface area contributed by atoms with Crippen LogP contribution in [0.5, 0.6) is 11.5 Å². The van der Waals surface area contributed by atoms with Crippen LogP contribution in [-0.4, -0.2) is 70.1 Å². The summed E-state index contributed by atoms with van der Waals surface area (Å²) < 4.78 is 45.8. The van der Waals surface area contributed by atoms with E-state index in [9.17, 15) is 24.4 Å². The zero-order chi connectivity index (χ0) is 44.1. The van der Waals surface area contributed by atoms with Crippen LogP contribution in [0, 0.1) is 17.1 Å². The molecule has 2 aromatic carbocycles. The maximum Gasteiger partial charge on any atom is 0.427 e. The van der Waals surface area contributed by atoms with E-state index in [2.05, 4.69) is 24.6 Å². The first-order chi connectivity index (χ1) is 26.5. The van der Waals surface area contributed by atoms with Crippen LogP contribution >= 0.6 is 34.8 Å². The van der Waals surface area contributed by atoms with Crippen molar-refractivity contribution >= 4 is 73.0 Å². The van der Waals surface area contributed by atoms with Crippen LogP contribution in [0.4, 0.5) is 24.7 Å². The van der Waals surface area contributed by atoms with E-state index < -0.39 is 90.7 Å². The number of imide groups is 2. The predicted molar refractivity (Wildman–Crippen MR) is 220 cm³/mol. The number of carbonyl (C=O) groups excluding carboxylic acids is 4. The third-order valence-electron chi connectivity index (χ3n) is 7.21. The quantitative estimate of drug-likeness (QED) is 0.102. The molecule has 3 aromatic rings. The van der Waals surface area contributed by atoms with Crippen molar-refractivity contribution < 1.29 is 47.3 Å². The Kier molecular flexibility index (Phi) is 15.4. The maximum atomic E-state index is 16.4. The summed E-state index contributed by atoms with van der Waals surface area (Å²) >= 11 is 19.2. The van der Waals surface area contributed by atoms with Crippen molar-refractivity contribution in [2.24, 2.45) is 0 Å². The summed E-state index contributed by atoms with van der Waals surface area (Å²) in [5, 5.41) is 8.77. The third-order valence-corrected chi connectivity index (χ3v) is 9.70. The molecule has 0 aliphatic heterocycles. The van der Waals surface area contributed by atoms with Gasteiger partial charge < -0.3 is 23.7 Å². The molecule has 0 bridgehead atoms. The molecule has 0 saturated carbocycles. The summed E-state index contributed by atoms with van der Waals surface area (Å²) in [5.74, 6) is -3.28. The Labute approximate surface area is 354 Å². The largest absolute Gasteiger partial charge is 0.453 e. The fourth-order valence-electron chi connectivity index (χ4n) is 4.72. The van der Waals surface area contributed by atoms with Gasteiger partial charge in [0.25, 0.3) is 5.91 Å². The zero-order valence-electron chi connectivity index (χ0n) is 34.6. The fourth-order valence-corrected chi connectivity index (χ4v) is 6.15. The van der Waals surface area contributed by atoms with E-state index in [1.807, 2.05) is 6.07 Å². The van der Waals surface area contributed by atoms with E-state index in [-0.39, 0.29) is 33.5 Å². The minimum absolute atomic E-state index is 0.0149. The first kappa shape index (κ1) is 48.0. The van der Waals surface area contributed by atoms with E-state index in [1.165, 1.54) is 30.3 Å². The summed E-state index contributed by atoms with van der Waals surface area (Å²) in [6, 6.07) is 9.16. The number of ether oxygens (including phenoxy) is 5. The Morgan fingerprint density at radius 3 is 1.93 bits per heavy atom. The SMILES string of the molecule is CC(C)(C)OC(=O)N(Cc1ccc(Cl)c(Oc2cc(Cl)cc(C#N)c2)c1F)C(=O)c1c(Cl)nc(N(C(=O)OC(C)(C)C)C(=O)OC(C)(C)C)n1COCC[Si](C)(C)C. The number of hydrogen-bond acceptors (Lipinski definition) is 11.